The van der Waals surface area contributed by atoms with Crippen molar-refractivity contribution in [1.29, 1.82) is 0 Å². The van der Waals surface area contributed by atoms with Gasteiger partial charge in [-0.05, 0) is 24.3 Å². The van der Waals surface area contributed by atoms with E-state index >= 15 is 0 Å². The molecule has 110 valence electrons. The molecule has 0 aromatic heterocycles. The molecule has 1 aliphatic rings. The second-order valence-corrected chi connectivity index (χ2v) is 4.73. The molecule has 2 aromatic rings. The fourth-order valence-electron chi connectivity index (χ4n) is 2.01. The van der Waals surface area contributed by atoms with E-state index in [-0.39, 0.29) is 13.4 Å². The molecule has 0 amide bonds. The van der Waals surface area contributed by atoms with Gasteiger partial charge >= 0.3 is 0 Å². The van der Waals surface area contributed by atoms with E-state index in [1.165, 1.54) is 0 Å². The molecule has 1 atom stereocenters. The van der Waals surface area contributed by atoms with Gasteiger partial charge in [-0.25, -0.2) is 0 Å². The Hall–Kier alpha value is -2.40. The van der Waals surface area contributed by atoms with Gasteiger partial charge in [-0.15, -0.1) is 0 Å². The average molecular weight is 287 g/mol. The van der Waals surface area contributed by atoms with Gasteiger partial charge in [-0.1, -0.05) is 18.2 Å². The highest BCUT2D eigenvalue weighted by molar-refractivity contribution is 5.55. The molecule has 1 unspecified atom stereocenters. The van der Waals surface area contributed by atoms with Gasteiger partial charge in [-0.3, -0.25) is 0 Å². The fraction of sp³-hybridized carbons (Fsp3) is 0.250. The summed E-state index contributed by atoms with van der Waals surface area (Å²) in [7, 11) is 0. The molecule has 0 fully saturated rings. The largest absolute Gasteiger partial charge is 0.491 e. The van der Waals surface area contributed by atoms with E-state index < -0.39 is 6.10 Å². The first-order chi connectivity index (χ1) is 10.3. The summed E-state index contributed by atoms with van der Waals surface area (Å²) in [5.74, 6) is 2.21. The van der Waals surface area contributed by atoms with Crippen molar-refractivity contribution in [3.63, 3.8) is 0 Å². The minimum atomic E-state index is -0.601. The molecule has 0 radical (unpaired) electrons. The normalized spacial score (nSPS) is 13.8. The zero-order valence-electron chi connectivity index (χ0n) is 11.5. The first-order valence-electron chi connectivity index (χ1n) is 6.81. The van der Waals surface area contributed by atoms with Crippen LogP contribution in [0, 0.1) is 0 Å². The average Bonchev–Trinajstić information content (AvgIpc) is 2.99. The van der Waals surface area contributed by atoms with Crippen LogP contribution in [0.15, 0.2) is 48.5 Å². The number of hydrogen-bond donors (Lipinski definition) is 2. The minimum absolute atomic E-state index is 0.238. The fourth-order valence-corrected chi connectivity index (χ4v) is 2.01. The SMILES string of the molecule is OC(CNc1ccc2c(c1)OCO2)COc1ccccc1. The van der Waals surface area contributed by atoms with E-state index in [1.807, 2.05) is 48.5 Å². The molecule has 1 aliphatic heterocycles. The Bertz CT molecular complexity index is 588. The van der Waals surface area contributed by atoms with E-state index in [2.05, 4.69) is 5.32 Å². The number of aliphatic hydroxyl groups excluding tert-OH is 1. The van der Waals surface area contributed by atoms with Gasteiger partial charge in [0.25, 0.3) is 0 Å². The highest BCUT2D eigenvalue weighted by Crippen LogP contribution is 2.34. The zero-order chi connectivity index (χ0) is 14.5. The van der Waals surface area contributed by atoms with Gasteiger partial charge in [0.2, 0.25) is 6.79 Å². The number of nitrogens with one attached hydrogen (secondary N) is 1. The van der Waals surface area contributed by atoms with Crippen molar-refractivity contribution >= 4 is 5.69 Å². The van der Waals surface area contributed by atoms with Crippen molar-refractivity contribution < 1.29 is 19.3 Å². The molecule has 2 N–H and O–H groups in total. The molecule has 5 heteroatoms. The van der Waals surface area contributed by atoms with Gasteiger partial charge in [0, 0.05) is 18.3 Å². The second kappa shape index (κ2) is 6.37. The maximum atomic E-state index is 9.92. The summed E-state index contributed by atoms with van der Waals surface area (Å²) < 4.78 is 16.0. The molecule has 0 saturated heterocycles. The quantitative estimate of drug-likeness (QED) is 0.853. The summed E-state index contributed by atoms with van der Waals surface area (Å²) in [4.78, 5) is 0. The number of aliphatic hydroxyl groups is 1. The Balaban J connectivity index is 1.46. The Labute approximate surface area is 123 Å². The van der Waals surface area contributed by atoms with Crippen LogP contribution in [0.1, 0.15) is 0 Å². The van der Waals surface area contributed by atoms with Crippen molar-refractivity contribution in [2.75, 3.05) is 25.3 Å². The molecule has 0 bridgehead atoms. The Kier molecular flexibility index (Phi) is 4.12. The lowest BCUT2D eigenvalue weighted by Crippen LogP contribution is -2.26. The van der Waals surface area contributed by atoms with Crippen molar-refractivity contribution in [1.82, 2.24) is 0 Å². The molecule has 0 aliphatic carbocycles. The predicted octanol–water partition coefficient (Wildman–Crippen LogP) is 2.27. The Morgan fingerprint density at radius 2 is 1.90 bits per heavy atom. The molecular formula is C16H17NO4. The summed E-state index contributed by atoms with van der Waals surface area (Å²) in [6.45, 7) is 0.889. The van der Waals surface area contributed by atoms with E-state index in [0.717, 1.165) is 22.9 Å². The van der Waals surface area contributed by atoms with E-state index in [4.69, 9.17) is 14.2 Å². The van der Waals surface area contributed by atoms with Gasteiger partial charge < -0.3 is 24.6 Å². The van der Waals surface area contributed by atoms with Crippen LogP contribution in [0.25, 0.3) is 0 Å². The highest BCUT2D eigenvalue weighted by Gasteiger charge is 2.13. The lowest BCUT2D eigenvalue weighted by molar-refractivity contribution is 0.117. The third kappa shape index (κ3) is 3.58. The van der Waals surface area contributed by atoms with Crippen LogP contribution in [0.4, 0.5) is 5.69 Å². The van der Waals surface area contributed by atoms with Crippen LogP contribution in [-0.4, -0.2) is 31.2 Å². The van der Waals surface area contributed by atoms with E-state index in [0.29, 0.717) is 6.54 Å². The van der Waals surface area contributed by atoms with Crippen LogP contribution in [0.2, 0.25) is 0 Å². The number of hydrogen-bond acceptors (Lipinski definition) is 5. The number of anilines is 1. The highest BCUT2D eigenvalue weighted by atomic mass is 16.7. The van der Waals surface area contributed by atoms with Crippen molar-refractivity contribution in [3.8, 4) is 17.2 Å². The number of rotatable bonds is 6. The number of ether oxygens (including phenoxy) is 3. The Morgan fingerprint density at radius 3 is 2.76 bits per heavy atom. The molecule has 2 aromatic carbocycles. The summed E-state index contributed by atoms with van der Waals surface area (Å²) in [6, 6.07) is 15.0. The van der Waals surface area contributed by atoms with Gasteiger partial charge in [0.1, 0.15) is 18.5 Å². The summed E-state index contributed by atoms with van der Waals surface area (Å²) in [6.07, 6.45) is -0.601. The second-order valence-electron chi connectivity index (χ2n) is 4.73. The Morgan fingerprint density at radius 1 is 1.10 bits per heavy atom. The van der Waals surface area contributed by atoms with Crippen LogP contribution in [0.5, 0.6) is 17.2 Å². The number of fused-ring (bicyclic) bond motifs is 1. The van der Waals surface area contributed by atoms with Gasteiger partial charge in [-0.2, -0.15) is 0 Å². The maximum Gasteiger partial charge on any atom is 0.231 e. The third-order valence-corrected chi connectivity index (χ3v) is 3.10. The first kappa shape index (κ1) is 13.6. The van der Waals surface area contributed by atoms with E-state index in [9.17, 15) is 5.11 Å². The molecule has 1 heterocycles. The standard InChI is InChI=1S/C16H17NO4/c18-13(10-19-14-4-2-1-3-5-14)9-17-12-6-7-15-16(8-12)21-11-20-15/h1-8,13,17-18H,9-11H2. The zero-order valence-corrected chi connectivity index (χ0v) is 11.5. The molecule has 5 nitrogen and oxygen atoms in total. The van der Waals surface area contributed by atoms with Crippen LogP contribution in [-0.2, 0) is 0 Å². The van der Waals surface area contributed by atoms with Crippen molar-refractivity contribution in [3.05, 3.63) is 48.5 Å². The third-order valence-electron chi connectivity index (χ3n) is 3.10. The predicted molar refractivity (Wildman–Crippen MR) is 79.0 cm³/mol. The molecule has 0 saturated carbocycles. The number of para-hydroxylation sites is 1. The van der Waals surface area contributed by atoms with Crippen molar-refractivity contribution in [2.45, 2.75) is 6.10 Å². The monoisotopic (exact) mass is 287 g/mol. The summed E-state index contributed by atoms with van der Waals surface area (Å²) >= 11 is 0. The van der Waals surface area contributed by atoms with Crippen LogP contribution in [0.3, 0.4) is 0 Å². The molecule has 3 rings (SSSR count). The minimum Gasteiger partial charge on any atom is -0.491 e. The lowest BCUT2D eigenvalue weighted by Gasteiger charge is -2.14. The first-order valence-corrected chi connectivity index (χ1v) is 6.81. The van der Waals surface area contributed by atoms with E-state index in [1.54, 1.807) is 0 Å². The van der Waals surface area contributed by atoms with Crippen LogP contribution >= 0.6 is 0 Å². The smallest absolute Gasteiger partial charge is 0.231 e. The topological polar surface area (TPSA) is 60.0 Å². The molecule has 0 spiro atoms. The van der Waals surface area contributed by atoms with Gasteiger partial charge in [0.05, 0.1) is 0 Å². The maximum absolute atomic E-state index is 9.92. The summed E-state index contributed by atoms with van der Waals surface area (Å²) in [5.41, 5.74) is 0.873. The van der Waals surface area contributed by atoms with Gasteiger partial charge in [0.15, 0.2) is 11.5 Å². The number of benzene rings is 2. The summed E-state index contributed by atoms with van der Waals surface area (Å²) in [5, 5.41) is 13.1. The molecular weight excluding hydrogens is 270 g/mol. The van der Waals surface area contributed by atoms with Crippen LogP contribution < -0.4 is 19.5 Å². The van der Waals surface area contributed by atoms with Crippen molar-refractivity contribution in [2.24, 2.45) is 0 Å². The lowest BCUT2D eigenvalue weighted by atomic mass is 10.2. The molecule has 21 heavy (non-hydrogen) atoms.